The molecule has 10 nitrogen and oxygen atoms in total. The van der Waals surface area contributed by atoms with E-state index in [9.17, 15) is 19.2 Å². The van der Waals surface area contributed by atoms with Crippen molar-refractivity contribution in [1.29, 1.82) is 5.26 Å². The summed E-state index contributed by atoms with van der Waals surface area (Å²) in [5.74, 6) is -1.02. The zero-order valence-electron chi connectivity index (χ0n) is 18.6. The Bertz CT molecular complexity index is 1420. The number of fused-ring (bicyclic) bond motifs is 1. The first-order valence-electron chi connectivity index (χ1n) is 10.4. The van der Waals surface area contributed by atoms with Crippen molar-refractivity contribution in [2.24, 2.45) is 0 Å². The molecule has 0 aliphatic rings. The molecule has 0 saturated heterocycles. The van der Waals surface area contributed by atoms with E-state index in [1.165, 1.54) is 28.8 Å². The average Bonchev–Trinajstić information content (AvgIpc) is 2.80. The molecule has 0 fully saturated rings. The van der Waals surface area contributed by atoms with Crippen molar-refractivity contribution in [1.82, 2.24) is 9.13 Å². The van der Waals surface area contributed by atoms with Gasteiger partial charge in [-0.25, -0.2) is 4.79 Å². The molecule has 0 aliphatic carbocycles. The summed E-state index contributed by atoms with van der Waals surface area (Å²) in [4.78, 5) is 49.4. The van der Waals surface area contributed by atoms with Crippen molar-refractivity contribution in [2.45, 2.75) is 26.9 Å². The Labute approximate surface area is 199 Å². The molecule has 0 atom stereocenters. The van der Waals surface area contributed by atoms with Crippen LogP contribution in [0.1, 0.15) is 19.4 Å². The number of ether oxygens (including phenoxy) is 1. The van der Waals surface area contributed by atoms with Crippen LogP contribution >= 0.6 is 11.6 Å². The van der Waals surface area contributed by atoms with Crippen LogP contribution in [0.5, 0.6) is 0 Å². The van der Waals surface area contributed by atoms with Gasteiger partial charge in [-0.2, -0.15) is 5.26 Å². The number of anilines is 2. The number of nitriles is 1. The fraction of sp³-hybridized carbons (Fsp3) is 0.261. The average molecular weight is 484 g/mol. The Balaban J connectivity index is 1.61. The highest BCUT2D eigenvalue weighted by Crippen LogP contribution is 2.20. The van der Waals surface area contributed by atoms with E-state index in [0.717, 1.165) is 4.57 Å². The van der Waals surface area contributed by atoms with Gasteiger partial charge in [0.15, 0.2) is 0 Å². The molecule has 2 amide bonds. The summed E-state index contributed by atoms with van der Waals surface area (Å²) >= 11 is 5.93. The highest BCUT2D eigenvalue weighted by Gasteiger charge is 2.13. The van der Waals surface area contributed by atoms with E-state index in [0.29, 0.717) is 28.8 Å². The number of halogens is 1. The maximum atomic E-state index is 12.7. The molecule has 1 heterocycles. The van der Waals surface area contributed by atoms with Gasteiger partial charge in [-0.1, -0.05) is 11.6 Å². The van der Waals surface area contributed by atoms with Crippen LogP contribution < -0.4 is 21.9 Å². The molecule has 34 heavy (non-hydrogen) atoms. The summed E-state index contributed by atoms with van der Waals surface area (Å²) in [7, 11) is 0. The topological polar surface area (TPSA) is 135 Å². The minimum atomic E-state index is -0.520. The molecule has 0 radical (unpaired) electrons. The lowest BCUT2D eigenvalue weighted by atomic mass is 10.2. The Morgan fingerprint density at radius 2 is 1.56 bits per heavy atom. The summed E-state index contributed by atoms with van der Waals surface area (Å²) in [6, 6.07) is 11.1. The third-order valence-corrected chi connectivity index (χ3v) is 5.29. The van der Waals surface area contributed by atoms with Crippen LogP contribution in [-0.2, 0) is 27.4 Å². The minimum Gasteiger partial charge on any atom is -0.362 e. The first-order chi connectivity index (χ1) is 16.3. The highest BCUT2D eigenvalue weighted by molar-refractivity contribution is 6.32. The number of rotatable bonds is 8. The third-order valence-electron chi connectivity index (χ3n) is 4.98. The lowest BCUT2D eigenvalue weighted by Crippen LogP contribution is -2.39. The quantitative estimate of drug-likeness (QED) is 0.504. The number of amides is 2. The Kier molecular flexibility index (Phi) is 7.83. The predicted molar refractivity (Wildman–Crippen MR) is 128 cm³/mol. The molecule has 2 aromatic carbocycles. The summed E-state index contributed by atoms with van der Waals surface area (Å²) in [5.41, 5.74) is 0.706. The lowest BCUT2D eigenvalue weighted by molar-refractivity contribution is -0.125. The number of hydrogen-bond donors (Lipinski definition) is 2. The van der Waals surface area contributed by atoms with Gasteiger partial charge in [0.05, 0.1) is 21.5 Å². The second-order valence-corrected chi connectivity index (χ2v) is 7.61. The van der Waals surface area contributed by atoms with Crippen molar-refractivity contribution in [3.05, 3.63) is 67.8 Å². The second kappa shape index (κ2) is 10.8. The van der Waals surface area contributed by atoms with Gasteiger partial charge in [-0.05, 0) is 50.2 Å². The number of benzene rings is 2. The van der Waals surface area contributed by atoms with E-state index in [4.69, 9.17) is 21.6 Å². The number of carbonyl (C=O) groups excluding carboxylic acids is 2. The van der Waals surface area contributed by atoms with Gasteiger partial charge in [0, 0.05) is 24.5 Å². The highest BCUT2D eigenvalue weighted by atomic mass is 35.5. The van der Waals surface area contributed by atoms with Crippen molar-refractivity contribution >= 4 is 45.7 Å². The van der Waals surface area contributed by atoms with Gasteiger partial charge in [-0.15, -0.1) is 0 Å². The van der Waals surface area contributed by atoms with Crippen LogP contribution in [-0.4, -0.2) is 34.2 Å². The molecular formula is C23H22ClN5O5. The predicted octanol–water partition coefficient (Wildman–Crippen LogP) is 2.32. The Morgan fingerprint density at radius 1 is 0.971 bits per heavy atom. The zero-order chi connectivity index (χ0) is 24.8. The van der Waals surface area contributed by atoms with Crippen molar-refractivity contribution in [3.8, 4) is 6.07 Å². The Hall–Kier alpha value is -3.94. The van der Waals surface area contributed by atoms with Gasteiger partial charge < -0.3 is 15.4 Å². The molecule has 1 aromatic heterocycles. The number of hydrogen-bond acceptors (Lipinski definition) is 6. The first-order valence-corrected chi connectivity index (χ1v) is 10.8. The fourth-order valence-electron chi connectivity index (χ4n) is 3.40. The van der Waals surface area contributed by atoms with E-state index in [1.807, 2.05) is 13.0 Å². The molecule has 3 aromatic rings. The Morgan fingerprint density at radius 3 is 2.12 bits per heavy atom. The SMILES string of the molecule is CCn1c(=O)c2cc(NC(=O)COCC(=O)Nc3ccc(C#N)c(Cl)c3)ccc2n(CC)c1=O. The van der Waals surface area contributed by atoms with Gasteiger partial charge >= 0.3 is 5.69 Å². The second-order valence-electron chi connectivity index (χ2n) is 7.20. The first kappa shape index (κ1) is 24.7. The molecule has 0 spiro atoms. The number of aryl methyl sites for hydroxylation is 1. The van der Waals surface area contributed by atoms with Gasteiger partial charge in [0.2, 0.25) is 11.8 Å². The standard InChI is InChI=1S/C23H22ClN5O5/c1-3-28-19-8-7-15(9-17(19)22(32)29(4-2)23(28)33)26-20(30)12-34-13-21(31)27-16-6-5-14(11-25)18(24)10-16/h5-10H,3-4,12-13H2,1-2H3,(H,26,30)(H,27,31). The number of aromatic nitrogens is 2. The maximum absolute atomic E-state index is 12.7. The van der Waals surface area contributed by atoms with Crippen LogP contribution in [0.3, 0.4) is 0 Å². The number of carbonyl (C=O) groups is 2. The lowest BCUT2D eigenvalue weighted by Gasteiger charge is -2.13. The molecule has 3 rings (SSSR count). The van der Waals surface area contributed by atoms with Crippen LogP contribution in [0.2, 0.25) is 5.02 Å². The molecule has 0 unspecified atom stereocenters. The molecular weight excluding hydrogens is 462 g/mol. The monoisotopic (exact) mass is 483 g/mol. The van der Waals surface area contributed by atoms with Gasteiger partial charge in [0.25, 0.3) is 5.56 Å². The molecule has 0 aliphatic heterocycles. The minimum absolute atomic E-state index is 0.206. The fourth-order valence-corrected chi connectivity index (χ4v) is 3.62. The molecule has 2 N–H and O–H groups in total. The van der Waals surface area contributed by atoms with Crippen LogP contribution in [0.4, 0.5) is 11.4 Å². The normalized spacial score (nSPS) is 10.6. The summed E-state index contributed by atoms with van der Waals surface area (Å²) in [6.07, 6.45) is 0. The molecule has 0 saturated carbocycles. The zero-order valence-corrected chi connectivity index (χ0v) is 19.3. The van der Waals surface area contributed by atoms with E-state index in [1.54, 1.807) is 19.1 Å². The van der Waals surface area contributed by atoms with E-state index in [2.05, 4.69) is 10.6 Å². The summed E-state index contributed by atoms with van der Waals surface area (Å²) < 4.78 is 7.79. The van der Waals surface area contributed by atoms with Crippen LogP contribution in [0.25, 0.3) is 10.9 Å². The van der Waals surface area contributed by atoms with Crippen LogP contribution in [0, 0.1) is 11.3 Å². The number of nitrogens with one attached hydrogen (secondary N) is 2. The maximum Gasteiger partial charge on any atom is 0.331 e. The largest absolute Gasteiger partial charge is 0.362 e. The summed E-state index contributed by atoms with van der Waals surface area (Å²) in [6.45, 7) is 3.37. The van der Waals surface area contributed by atoms with E-state index in [-0.39, 0.29) is 29.4 Å². The van der Waals surface area contributed by atoms with Crippen LogP contribution in [0.15, 0.2) is 46.0 Å². The number of nitrogens with zero attached hydrogens (tertiary/aromatic N) is 3. The smallest absolute Gasteiger partial charge is 0.331 e. The molecule has 11 heteroatoms. The molecule has 176 valence electrons. The van der Waals surface area contributed by atoms with E-state index >= 15 is 0 Å². The van der Waals surface area contributed by atoms with Gasteiger partial charge in [-0.3, -0.25) is 23.5 Å². The van der Waals surface area contributed by atoms with Gasteiger partial charge in [0.1, 0.15) is 19.3 Å². The molecule has 0 bridgehead atoms. The summed E-state index contributed by atoms with van der Waals surface area (Å²) in [5, 5.41) is 14.6. The van der Waals surface area contributed by atoms with Crippen molar-refractivity contribution in [3.63, 3.8) is 0 Å². The van der Waals surface area contributed by atoms with E-state index < -0.39 is 24.0 Å². The van der Waals surface area contributed by atoms with Crippen molar-refractivity contribution in [2.75, 3.05) is 23.8 Å². The van der Waals surface area contributed by atoms with Crippen molar-refractivity contribution < 1.29 is 14.3 Å². The third kappa shape index (κ3) is 5.33.